The minimum atomic E-state index is 0.112. The minimum Gasteiger partial charge on any atom is -0.336 e. The monoisotopic (exact) mass is 324 g/mol. The van der Waals surface area contributed by atoms with E-state index in [9.17, 15) is 4.79 Å². The Morgan fingerprint density at radius 2 is 2.21 bits per heavy atom. The van der Waals surface area contributed by atoms with Crippen LogP contribution in [-0.2, 0) is 0 Å². The number of amides is 1. The van der Waals surface area contributed by atoms with E-state index in [1.165, 1.54) is 0 Å². The largest absolute Gasteiger partial charge is 0.336 e. The van der Waals surface area contributed by atoms with Crippen molar-refractivity contribution in [3.63, 3.8) is 0 Å². The molecule has 2 rings (SSSR count). The first kappa shape index (κ1) is 14.5. The smallest absolute Gasteiger partial charge is 0.255 e. The van der Waals surface area contributed by atoms with E-state index in [0.717, 1.165) is 35.0 Å². The lowest BCUT2D eigenvalue weighted by atomic mass is 9.93. The predicted octanol–water partition coefficient (Wildman–Crippen LogP) is 2.96. The maximum atomic E-state index is 12.7. The fourth-order valence-corrected chi connectivity index (χ4v) is 3.03. The molecule has 2 atom stereocenters. The van der Waals surface area contributed by atoms with E-state index in [0.29, 0.717) is 18.5 Å². The Balaban J connectivity index is 2.24. The number of hydrogen-bond donors (Lipinski definition) is 1. The molecule has 1 aliphatic heterocycles. The van der Waals surface area contributed by atoms with Gasteiger partial charge in [0.2, 0.25) is 0 Å². The fraction of sp³-hybridized carbons (Fsp3) is 0.533. The number of benzene rings is 1. The SMILES string of the molecule is Cc1ccc(Br)c(C(=O)N2CC(CN)CCC2C)c1. The molecule has 0 aliphatic carbocycles. The first-order valence-electron chi connectivity index (χ1n) is 6.80. The van der Waals surface area contributed by atoms with Gasteiger partial charge in [0.25, 0.3) is 5.91 Å². The highest BCUT2D eigenvalue weighted by Crippen LogP contribution is 2.26. The second kappa shape index (κ2) is 6.06. The van der Waals surface area contributed by atoms with Crippen LogP contribution in [-0.4, -0.2) is 29.9 Å². The zero-order chi connectivity index (χ0) is 14.0. The average molecular weight is 325 g/mol. The topological polar surface area (TPSA) is 46.3 Å². The number of halogens is 1. The van der Waals surface area contributed by atoms with Crippen LogP contribution in [0.1, 0.15) is 35.7 Å². The summed E-state index contributed by atoms with van der Waals surface area (Å²) in [5.74, 6) is 0.546. The summed E-state index contributed by atoms with van der Waals surface area (Å²) in [5.41, 5.74) is 7.61. The summed E-state index contributed by atoms with van der Waals surface area (Å²) in [7, 11) is 0. The second-order valence-electron chi connectivity index (χ2n) is 5.47. The molecule has 0 saturated carbocycles. The van der Waals surface area contributed by atoms with Crippen LogP contribution < -0.4 is 5.73 Å². The van der Waals surface area contributed by atoms with Crippen LogP contribution in [0, 0.1) is 12.8 Å². The molecule has 1 amide bonds. The van der Waals surface area contributed by atoms with Crippen molar-refractivity contribution >= 4 is 21.8 Å². The van der Waals surface area contributed by atoms with E-state index >= 15 is 0 Å². The van der Waals surface area contributed by atoms with Crippen molar-refractivity contribution in [1.82, 2.24) is 4.90 Å². The molecule has 0 radical (unpaired) electrons. The number of carbonyl (C=O) groups excluding carboxylic acids is 1. The van der Waals surface area contributed by atoms with E-state index in [1.807, 2.05) is 30.0 Å². The summed E-state index contributed by atoms with van der Waals surface area (Å²) in [5, 5.41) is 0. The Labute approximate surface area is 123 Å². The third-order valence-electron chi connectivity index (χ3n) is 3.93. The first-order chi connectivity index (χ1) is 9.02. The van der Waals surface area contributed by atoms with E-state index in [4.69, 9.17) is 5.73 Å². The molecule has 0 spiro atoms. The highest BCUT2D eigenvalue weighted by Gasteiger charge is 2.29. The van der Waals surface area contributed by atoms with Gasteiger partial charge in [-0.2, -0.15) is 0 Å². The molecule has 4 heteroatoms. The molecule has 2 N–H and O–H groups in total. The van der Waals surface area contributed by atoms with E-state index in [1.54, 1.807) is 0 Å². The molecular weight excluding hydrogens is 304 g/mol. The van der Waals surface area contributed by atoms with Crippen LogP contribution in [0.25, 0.3) is 0 Å². The molecule has 1 heterocycles. The number of nitrogens with zero attached hydrogens (tertiary/aromatic N) is 1. The third kappa shape index (κ3) is 3.18. The normalized spacial score (nSPS) is 23.5. The van der Waals surface area contributed by atoms with Crippen molar-refractivity contribution in [2.75, 3.05) is 13.1 Å². The van der Waals surface area contributed by atoms with Gasteiger partial charge in [0.05, 0.1) is 5.56 Å². The summed E-state index contributed by atoms with van der Waals surface area (Å²) in [6.07, 6.45) is 2.16. The molecule has 104 valence electrons. The molecule has 1 fully saturated rings. The van der Waals surface area contributed by atoms with Gasteiger partial charge in [-0.25, -0.2) is 0 Å². The molecule has 0 bridgehead atoms. The fourth-order valence-electron chi connectivity index (χ4n) is 2.62. The first-order valence-corrected chi connectivity index (χ1v) is 7.59. The Bertz CT molecular complexity index is 475. The molecule has 2 unspecified atom stereocenters. The van der Waals surface area contributed by atoms with Crippen LogP contribution in [0.2, 0.25) is 0 Å². The molecule has 0 aromatic heterocycles. The summed E-state index contributed by atoms with van der Waals surface area (Å²) in [6, 6.07) is 6.19. The van der Waals surface area contributed by atoms with Gasteiger partial charge in [0.15, 0.2) is 0 Å². The predicted molar refractivity (Wildman–Crippen MR) is 81.2 cm³/mol. The summed E-state index contributed by atoms with van der Waals surface area (Å²) in [4.78, 5) is 14.7. The van der Waals surface area contributed by atoms with E-state index in [-0.39, 0.29) is 5.91 Å². The van der Waals surface area contributed by atoms with Gasteiger partial charge in [-0.3, -0.25) is 4.79 Å². The Kier molecular flexibility index (Phi) is 4.63. The second-order valence-corrected chi connectivity index (χ2v) is 6.32. The van der Waals surface area contributed by atoms with Gasteiger partial charge in [-0.15, -0.1) is 0 Å². The number of piperidine rings is 1. The zero-order valence-corrected chi connectivity index (χ0v) is 13.1. The van der Waals surface area contributed by atoms with Gasteiger partial charge in [-0.05, 0) is 67.2 Å². The van der Waals surface area contributed by atoms with Crippen LogP contribution in [0.4, 0.5) is 0 Å². The molecule has 3 nitrogen and oxygen atoms in total. The van der Waals surface area contributed by atoms with Gasteiger partial charge in [0, 0.05) is 17.1 Å². The van der Waals surface area contributed by atoms with Crippen molar-refractivity contribution < 1.29 is 4.79 Å². The lowest BCUT2D eigenvalue weighted by Crippen LogP contribution is -2.47. The molecule has 1 aromatic carbocycles. The number of likely N-dealkylation sites (tertiary alicyclic amines) is 1. The molecule has 1 aromatic rings. The van der Waals surface area contributed by atoms with Gasteiger partial charge in [0.1, 0.15) is 0 Å². The van der Waals surface area contributed by atoms with Crippen molar-refractivity contribution in [2.24, 2.45) is 11.7 Å². The Hall–Kier alpha value is -0.870. The maximum Gasteiger partial charge on any atom is 0.255 e. The third-order valence-corrected chi connectivity index (χ3v) is 4.62. The van der Waals surface area contributed by atoms with Crippen molar-refractivity contribution in [3.8, 4) is 0 Å². The maximum absolute atomic E-state index is 12.7. The van der Waals surface area contributed by atoms with Crippen molar-refractivity contribution in [3.05, 3.63) is 33.8 Å². The highest BCUT2D eigenvalue weighted by molar-refractivity contribution is 9.10. The minimum absolute atomic E-state index is 0.112. The molecule has 19 heavy (non-hydrogen) atoms. The van der Waals surface area contributed by atoms with Crippen LogP contribution in [0.15, 0.2) is 22.7 Å². The Morgan fingerprint density at radius 1 is 1.47 bits per heavy atom. The Morgan fingerprint density at radius 3 is 2.89 bits per heavy atom. The standard InChI is InChI=1S/C15H21BrN2O/c1-10-3-6-14(16)13(7-10)15(19)18-9-12(8-17)5-4-11(18)2/h3,6-7,11-12H,4-5,8-9,17H2,1-2H3. The zero-order valence-electron chi connectivity index (χ0n) is 11.5. The average Bonchev–Trinajstić information content (AvgIpc) is 2.41. The van der Waals surface area contributed by atoms with Crippen LogP contribution in [0.3, 0.4) is 0 Å². The van der Waals surface area contributed by atoms with Gasteiger partial charge in [-0.1, -0.05) is 11.6 Å². The summed E-state index contributed by atoms with van der Waals surface area (Å²) < 4.78 is 0.866. The van der Waals surface area contributed by atoms with Crippen molar-refractivity contribution in [2.45, 2.75) is 32.7 Å². The van der Waals surface area contributed by atoms with Crippen LogP contribution in [0.5, 0.6) is 0 Å². The molecular formula is C15H21BrN2O. The quantitative estimate of drug-likeness (QED) is 0.909. The number of rotatable bonds is 2. The van der Waals surface area contributed by atoms with Gasteiger partial charge < -0.3 is 10.6 Å². The molecule has 1 aliphatic rings. The van der Waals surface area contributed by atoms with Gasteiger partial charge >= 0.3 is 0 Å². The highest BCUT2D eigenvalue weighted by atomic mass is 79.9. The summed E-state index contributed by atoms with van der Waals surface area (Å²) >= 11 is 3.48. The number of hydrogen-bond acceptors (Lipinski definition) is 2. The number of nitrogens with two attached hydrogens (primary N) is 1. The lowest BCUT2D eigenvalue weighted by molar-refractivity contribution is 0.0566. The van der Waals surface area contributed by atoms with Crippen LogP contribution >= 0.6 is 15.9 Å². The number of carbonyl (C=O) groups is 1. The summed E-state index contributed by atoms with van der Waals surface area (Å²) in [6.45, 7) is 5.56. The lowest BCUT2D eigenvalue weighted by Gasteiger charge is -2.38. The molecule has 1 saturated heterocycles. The van der Waals surface area contributed by atoms with Crippen molar-refractivity contribution in [1.29, 1.82) is 0 Å². The number of aryl methyl sites for hydroxylation is 1. The van der Waals surface area contributed by atoms with E-state index in [2.05, 4.69) is 22.9 Å². The van der Waals surface area contributed by atoms with E-state index < -0.39 is 0 Å².